The van der Waals surface area contributed by atoms with Crippen molar-refractivity contribution in [1.29, 1.82) is 0 Å². The van der Waals surface area contributed by atoms with Crippen LogP contribution in [-0.2, 0) is 9.59 Å². The Morgan fingerprint density at radius 2 is 0.607 bits per heavy atom. The molecule has 0 N–H and O–H groups in total. The van der Waals surface area contributed by atoms with Crippen LogP contribution in [0.15, 0.2) is 95.1 Å². The molecule has 10 heteroatoms. The van der Waals surface area contributed by atoms with Gasteiger partial charge in [0, 0.05) is 44.5 Å². The number of hydrogen-bond acceptors (Lipinski definition) is 10. The van der Waals surface area contributed by atoms with E-state index in [0.717, 1.165) is 0 Å². The van der Waals surface area contributed by atoms with Crippen LogP contribution in [-0.4, -0.2) is 66.4 Å². The molecular formula is C46H44O10. The van der Waals surface area contributed by atoms with Crippen molar-refractivity contribution in [2.45, 2.75) is 25.7 Å². The van der Waals surface area contributed by atoms with Crippen LogP contribution in [0.4, 0.5) is 0 Å². The van der Waals surface area contributed by atoms with Crippen LogP contribution in [0.5, 0.6) is 46.0 Å². The summed E-state index contributed by atoms with van der Waals surface area (Å²) < 4.78 is 47.8. The fourth-order valence-corrected chi connectivity index (χ4v) is 7.13. The first-order chi connectivity index (χ1) is 27.4. The van der Waals surface area contributed by atoms with Crippen molar-refractivity contribution in [3.63, 3.8) is 0 Å². The Kier molecular flexibility index (Phi) is 11.7. The average Bonchev–Trinajstić information content (AvgIpc) is 3.74. The van der Waals surface area contributed by atoms with Gasteiger partial charge in [-0.15, -0.1) is 0 Å². The normalized spacial score (nSPS) is 17.9. The van der Waals surface area contributed by atoms with Crippen LogP contribution in [0, 0.1) is 0 Å². The molecule has 56 heavy (non-hydrogen) atoms. The van der Waals surface area contributed by atoms with Gasteiger partial charge >= 0.3 is 0 Å². The summed E-state index contributed by atoms with van der Waals surface area (Å²) in [6.07, 6.45) is 9.70. The Labute approximate surface area is 326 Å². The van der Waals surface area contributed by atoms with Gasteiger partial charge in [0.05, 0.1) is 28.4 Å². The Hall–Kier alpha value is -6.42. The molecule has 0 spiro atoms. The Balaban J connectivity index is 1.28. The molecule has 2 fully saturated rings. The van der Waals surface area contributed by atoms with Crippen molar-refractivity contribution in [1.82, 2.24) is 0 Å². The lowest BCUT2D eigenvalue weighted by atomic mass is 10.0. The van der Waals surface area contributed by atoms with Gasteiger partial charge < -0.3 is 37.9 Å². The van der Waals surface area contributed by atoms with Gasteiger partial charge in [-0.05, 0) is 74.3 Å². The van der Waals surface area contributed by atoms with Gasteiger partial charge in [-0.3, -0.25) is 9.59 Å². The summed E-state index contributed by atoms with van der Waals surface area (Å²) in [5.41, 5.74) is 5.48. The van der Waals surface area contributed by atoms with Crippen molar-refractivity contribution in [3.8, 4) is 46.0 Å². The number of rotatable bonds is 4. The minimum atomic E-state index is -0.0521. The van der Waals surface area contributed by atoms with E-state index < -0.39 is 0 Å². The predicted octanol–water partition coefficient (Wildman–Crippen LogP) is 8.61. The van der Waals surface area contributed by atoms with Gasteiger partial charge in [-0.1, -0.05) is 48.5 Å². The quantitative estimate of drug-likeness (QED) is 0.201. The van der Waals surface area contributed by atoms with Gasteiger partial charge in [0.2, 0.25) is 0 Å². The molecule has 0 atom stereocenters. The van der Waals surface area contributed by atoms with Gasteiger partial charge in [0.1, 0.15) is 26.4 Å². The first-order valence-corrected chi connectivity index (χ1v) is 18.5. The first-order valence-electron chi connectivity index (χ1n) is 18.5. The summed E-state index contributed by atoms with van der Waals surface area (Å²) in [5, 5.41) is 0. The lowest BCUT2D eigenvalue weighted by Gasteiger charge is -2.16. The average molecular weight is 757 g/mol. The number of benzene rings is 4. The molecular weight excluding hydrogens is 712 g/mol. The topological polar surface area (TPSA) is 108 Å². The van der Waals surface area contributed by atoms with Crippen molar-refractivity contribution in [3.05, 3.63) is 117 Å². The zero-order valence-electron chi connectivity index (χ0n) is 32.0. The molecule has 0 amide bonds. The number of ether oxygens (including phenoxy) is 8. The summed E-state index contributed by atoms with van der Waals surface area (Å²) in [6.45, 7) is 0.663. The van der Waals surface area contributed by atoms with Gasteiger partial charge in [-0.2, -0.15) is 0 Å². The van der Waals surface area contributed by atoms with Crippen LogP contribution in [0.1, 0.15) is 47.9 Å². The van der Waals surface area contributed by atoms with Crippen LogP contribution >= 0.6 is 0 Å². The molecule has 1 aliphatic heterocycles. The zero-order chi connectivity index (χ0) is 39.0. The Morgan fingerprint density at radius 1 is 0.375 bits per heavy atom. The first kappa shape index (κ1) is 37.9. The third-order valence-corrected chi connectivity index (χ3v) is 9.88. The Morgan fingerprint density at radius 3 is 0.821 bits per heavy atom. The largest absolute Gasteiger partial charge is 0.493 e. The van der Waals surface area contributed by atoms with Crippen molar-refractivity contribution in [2.75, 3.05) is 54.9 Å². The van der Waals surface area contributed by atoms with E-state index in [9.17, 15) is 9.59 Å². The van der Waals surface area contributed by atoms with E-state index in [2.05, 4.69) is 0 Å². The molecule has 0 radical (unpaired) electrons. The molecule has 0 saturated heterocycles. The number of allylic oxidation sites excluding steroid dienone is 4. The highest BCUT2D eigenvalue weighted by atomic mass is 16.6. The highest BCUT2D eigenvalue weighted by Crippen LogP contribution is 2.41. The van der Waals surface area contributed by atoms with Crippen molar-refractivity contribution in [2.24, 2.45) is 0 Å². The predicted molar refractivity (Wildman–Crippen MR) is 214 cm³/mol. The number of para-hydroxylation sites is 4. The minimum absolute atomic E-state index is 0.0521. The van der Waals surface area contributed by atoms with E-state index in [1.807, 2.05) is 97.1 Å². The summed E-state index contributed by atoms with van der Waals surface area (Å²) in [4.78, 5) is 27.7. The second-order valence-corrected chi connectivity index (χ2v) is 13.2. The number of hydrogen-bond donors (Lipinski definition) is 0. The fourth-order valence-electron chi connectivity index (χ4n) is 7.13. The van der Waals surface area contributed by atoms with Crippen LogP contribution < -0.4 is 37.9 Å². The van der Waals surface area contributed by atoms with E-state index in [0.29, 0.717) is 116 Å². The molecule has 3 aliphatic rings. The fraction of sp³-hybridized carbons (Fsp3) is 0.261. The summed E-state index contributed by atoms with van der Waals surface area (Å²) in [7, 11) is 6.31. The minimum Gasteiger partial charge on any atom is -0.493 e. The summed E-state index contributed by atoms with van der Waals surface area (Å²) in [5.74, 6) is 4.02. The van der Waals surface area contributed by atoms with Gasteiger partial charge in [0.15, 0.2) is 57.6 Å². The standard InChI is InChI=1S/C46H44O10/c1-49-37-13-5-9-33-25-29-17-18-30(41(29)47)26-35-11-7-15-39(51-3)45(35)55-23-24-56-46-36(12-8-16-40(46)52-4)28-32-20-19-31(42(32)48)27-34-10-6-14-38(50-2)44(34)54-22-21-53-43(33)37/h5-16,25-28H,17-24H2,1-4H3/b29-25+,30-26?,31-27?,32-28+. The van der Waals surface area contributed by atoms with E-state index in [4.69, 9.17) is 37.9 Å². The zero-order valence-corrected chi connectivity index (χ0v) is 32.0. The smallest absolute Gasteiger partial charge is 0.185 e. The number of methoxy groups -OCH3 is 4. The van der Waals surface area contributed by atoms with Crippen LogP contribution in [0.2, 0.25) is 0 Å². The lowest BCUT2D eigenvalue weighted by molar-refractivity contribution is -0.112. The molecule has 4 aromatic rings. The van der Waals surface area contributed by atoms with E-state index in [1.165, 1.54) is 0 Å². The van der Waals surface area contributed by atoms with Crippen molar-refractivity contribution >= 4 is 35.9 Å². The summed E-state index contributed by atoms with van der Waals surface area (Å²) >= 11 is 0. The lowest BCUT2D eigenvalue weighted by Crippen LogP contribution is -2.12. The number of ketones is 2. The maximum atomic E-state index is 13.8. The number of carbonyl (C=O) groups excluding carboxylic acids is 2. The molecule has 288 valence electrons. The molecule has 2 aliphatic carbocycles. The van der Waals surface area contributed by atoms with E-state index >= 15 is 0 Å². The van der Waals surface area contributed by atoms with Gasteiger partial charge in [0.25, 0.3) is 0 Å². The third kappa shape index (κ3) is 8.00. The highest BCUT2D eigenvalue weighted by Gasteiger charge is 2.27. The summed E-state index contributed by atoms with van der Waals surface area (Å²) in [6, 6.07) is 22.3. The molecule has 10 nitrogen and oxygen atoms in total. The second-order valence-electron chi connectivity index (χ2n) is 13.2. The molecule has 7 rings (SSSR count). The van der Waals surface area contributed by atoms with E-state index in [-0.39, 0.29) is 38.0 Å². The molecule has 0 unspecified atom stereocenters. The van der Waals surface area contributed by atoms with Gasteiger partial charge in [-0.25, -0.2) is 0 Å². The Bertz CT molecular complexity index is 1950. The maximum absolute atomic E-state index is 13.8. The molecule has 0 aromatic heterocycles. The monoisotopic (exact) mass is 756 g/mol. The van der Waals surface area contributed by atoms with E-state index in [1.54, 1.807) is 28.4 Å². The van der Waals surface area contributed by atoms with Crippen LogP contribution in [0.25, 0.3) is 24.3 Å². The molecule has 4 aromatic carbocycles. The number of Topliss-reactive ketones (excluding diaryl/α,β-unsaturated/α-hetero) is 2. The second kappa shape index (κ2) is 17.4. The SMILES string of the molecule is COc1cccc2c1OCCOc1c(cccc1OC)/C=C1\CCC(=Cc3cccc(OC)c3OCCOc3c(cccc3OC)/C=C3\CCC(=C2)C3=O)C1=O. The van der Waals surface area contributed by atoms with Crippen LogP contribution in [0.3, 0.4) is 0 Å². The maximum Gasteiger partial charge on any atom is 0.185 e. The van der Waals surface area contributed by atoms with Crippen molar-refractivity contribution < 1.29 is 47.5 Å². The third-order valence-electron chi connectivity index (χ3n) is 9.88. The number of carbonyl (C=O) groups is 2. The molecule has 4 bridgehead atoms. The molecule has 2 saturated carbocycles. The molecule has 1 heterocycles. The number of fused-ring (bicyclic) bond motifs is 8. The highest BCUT2D eigenvalue weighted by molar-refractivity contribution is 6.16.